The SMILES string of the molecule is NC1C2CCC(C2)C1C(=O)C1=CCCCC1. The zero-order valence-electron chi connectivity index (χ0n) is 9.82. The smallest absolute Gasteiger partial charge is 0.163 e. The first-order valence-corrected chi connectivity index (χ1v) is 6.76. The van der Waals surface area contributed by atoms with Crippen LogP contribution in [0.4, 0.5) is 0 Å². The Morgan fingerprint density at radius 3 is 2.69 bits per heavy atom. The van der Waals surface area contributed by atoms with E-state index in [2.05, 4.69) is 6.08 Å². The summed E-state index contributed by atoms with van der Waals surface area (Å²) < 4.78 is 0. The second-order valence-corrected chi connectivity index (χ2v) is 5.78. The minimum Gasteiger partial charge on any atom is -0.327 e. The third kappa shape index (κ3) is 1.55. The van der Waals surface area contributed by atoms with Crippen molar-refractivity contribution in [2.45, 2.75) is 51.0 Å². The molecule has 3 aliphatic rings. The van der Waals surface area contributed by atoms with E-state index in [1.807, 2.05) is 0 Å². The maximum absolute atomic E-state index is 12.5. The lowest BCUT2D eigenvalue weighted by Gasteiger charge is -2.28. The fourth-order valence-corrected chi connectivity index (χ4v) is 4.00. The van der Waals surface area contributed by atoms with Crippen LogP contribution in [0.2, 0.25) is 0 Å². The predicted octanol–water partition coefficient (Wildman–Crippen LogP) is 2.43. The number of hydrogen-bond donors (Lipinski definition) is 1. The van der Waals surface area contributed by atoms with Gasteiger partial charge in [-0.15, -0.1) is 0 Å². The summed E-state index contributed by atoms with van der Waals surface area (Å²) in [6.07, 6.45) is 10.4. The summed E-state index contributed by atoms with van der Waals surface area (Å²) in [4.78, 5) is 12.5. The third-order valence-electron chi connectivity index (χ3n) is 4.89. The van der Waals surface area contributed by atoms with Gasteiger partial charge in [0.1, 0.15) is 0 Å². The fraction of sp³-hybridized carbons (Fsp3) is 0.786. The monoisotopic (exact) mass is 219 g/mol. The normalized spacial score (nSPS) is 42.2. The highest BCUT2D eigenvalue weighted by molar-refractivity contribution is 5.98. The molecule has 4 atom stereocenters. The second-order valence-electron chi connectivity index (χ2n) is 5.78. The van der Waals surface area contributed by atoms with Crippen LogP contribution in [-0.2, 0) is 4.79 Å². The molecule has 2 saturated carbocycles. The molecule has 0 amide bonds. The van der Waals surface area contributed by atoms with Crippen LogP contribution in [0.3, 0.4) is 0 Å². The highest BCUT2D eigenvalue weighted by atomic mass is 16.1. The lowest BCUT2D eigenvalue weighted by Crippen LogP contribution is -2.40. The molecule has 0 radical (unpaired) electrons. The Morgan fingerprint density at radius 1 is 1.25 bits per heavy atom. The molecule has 2 fully saturated rings. The molecule has 0 aromatic carbocycles. The van der Waals surface area contributed by atoms with Crippen molar-refractivity contribution in [3.8, 4) is 0 Å². The number of allylic oxidation sites excluding steroid dienone is 2. The fourth-order valence-electron chi connectivity index (χ4n) is 4.00. The van der Waals surface area contributed by atoms with Gasteiger partial charge in [0.25, 0.3) is 0 Å². The van der Waals surface area contributed by atoms with Crippen molar-refractivity contribution in [2.75, 3.05) is 0 Å². The van der Waals surface area contributed by atoms with E-state index in [4.69, 9.17) is 5.73 Å². The Labute approximate surface area is 97.3 Å². The zero-order valence-corrected chi connectivity index (χ0v) is 9.82. The highest BCUT2D eigenvalue weighted by Gasteiger charge is 2.49. The number of nitrogens with two attached hydrogens (primary N) is 1. The molecule has 0 aliphatic heterocycles. The molecule has 0 heterocycles. The van der Waals surface area contributed by atoms with Gasteiger partial charge in [0, 0.05) is 12.0 Å². The van der Waals surface area contributed by atoms with E-state index in [1.54, 1.807) is 0 Å². The van der Waals surface area contributed by atoms with Gasteiger partial charge in [0.05, 0.1) is 0 Å². The van der Waals surface area contributed by atoms with Crippen molar-refractivity contribution < 1.29 is 4.79 Å². The van der Waals surface area contributed by atoms with Crippen molar-refractivity contribution in [1.82, 2.24) is 0 Å². The van der Waals surface area contributed by atoms with Gasteiger partial charge in [-0.2, -0.15) is 0 Å². The van der Waals surface area contributed by atoms with Crippen molar-refractivity contribution in [2.24, 2.45) is 23.5 Å². The minimum atomic E-state index is 0.161. The number of ketones is 1. The molecule has 4 unspecified atom stereocenters. The van der Waals surface area contributed by atoms with Crippen LogP contribution in [0.25, 0.3) is 0 Å². The molecule has 2 N–H and O–H groups in total. The molecule has 3 rings (SSSR count). The molecule has 3 aliphatic carbocycles. The number of rotatable bonds is 2. The summed E-state index contributed by atoms with van der Waals surface area (Å²) in [5.41, 5.74) is 7.32. The van der Waals surface area contributed by atoms with Gasteiger partial charge in [-0.25, -0.2) is 0 Å². The van der Waals surface area contributed by atoms with Crippen LogP contribution in [0.15, 0.2) is 11.6 Å². The van der Waals surface area contributed by atoms with Gasteiger partial charge in [-0.05, 0) is 62.4 Å². The van der Waals surface area contributed by atoms with Gasteiger partial charge in [-0.3, -0.25) is 4.79 Å². The van der Waals surface area contributed by atoms with Crippen LogP contribution in [0.1, 0.15) is 44.9 Å². The van der Waals surface area contributed by atoms with Crippen LogP contribution >= 0.6 is 0 Å². The topological polar surface area (TPSA) is 43.1 Å². The number of hydrogen-bond acceptors (Lipinski definition) is 2. The van der Waals surface area contributed by atoms with Crippen LogP contribution in [-0.4, -0.2) is 11.8 Å². The maximum atomic E-state index is 12.5. The van der Waals surface area contributed by atoms with E-state index >= 15 is 0 Å². The van der Waals surface area contributed by atoms with E-state index in [0.717, 1.165) is 18.4 Å². The summed E-state index contributed by atoms with van der Waals surface area (Å²) in [6.45, 7) is 0. The molecular formula is C14H21NO. The molecule has 88 valence electrons. The molecule has 2 bridgehead atoms. The average Bonchev–Trinajstić information content (AvgIpc) is 2.90. The molecule has 2 heteroatoms. The molecule has 0 aromatic heterocycles. The van der Waals surface area contributed by atoms with E-state index in [1.165, 1.54) is 32.1 Å². The molecule has 0 saturated heterocycles. The molecule has 2 nitrogen and oxygen atoms in total. The standard InChI is InChI=1S/C14H21NO/c15-13-11-7-6-10(8-11)12(13)14(16)9-4-2-1-3-5-9/h4,10-13H,1-3,5-8,15H2. The Bertz CT molecular complexity index is 332. The average molecular weight is 219 g/mol. The van der Waals surface area contributed by atoms with Crippen molar-refractivity contribution in [3.05, 3.63) is 11.6 Å². The maximum Gasteiger partial charge on any atom is 0.163 e. The van der Waals surface area contributed by atoms with Crippen LogP contribution in [0, 0.1) is 17.8 Å². The first-order chi connectivity index (χ1) is 7.77. The lowest BCUT2D eigenvalue weighted by molar-refractivity contribution is -0.121. The number of Topliss-reactive ketones (excluding diaryl/α,β-unsaturated/α-hetero) is 1. The Hall–Kier alpha value is -0.630. The van der Waals surface area contributed by atoms with Crippen molar-refractivity contribution in [1.29, 1.82) is 0 Å². The Balaban J connectivity index is 1.77. The third-order valence-corrected chi connectivity index (χ3v) is 4.89. The quantitative estimate of drug-likeness (QED) is 0.775. The van der Waals surface area contributed by atoms with Gasteiger partial charge in [0.15, 0.2) is 5.78 Å². The number of fused-ring (bicyclic) bond motifs is 2. The Morgan fingerprint density at radius 2 is 2.06 bits per heavy atom. The second kappa shape index (κ2) is 3.99. The van der Waals surface area contributed by atoms with E-state index in [-0.39, 0.29) is 12.0 Å². The molecule has 0 spiro atoms. The van der Waals surface area contributed by atoms with Gasteiger partial charge in [0.2, 0.25) is 0 Å². The number of carbonyl (C=O) groups is 1. The minimum absolute atomic E-state index is 0.161. The first-order valence-electron chi connectivity index (χ1n) is 6.76. The predicted molar refractivity (Wildman–Crippen MR) is 63.9 cm³/mol. The highest BCUT2D eigenvalue weighted by Crippen LogP contribution is 2.48. The lowest BCUT2D eigenvalue weighted by atomic mass is 9.78. The summed E-state index contributed by atoms with van der Waals surface area (Å²) >= 11 is 0. The summed E-state index contributed by atoms with van der Waals surface area (Å²) in [5, 5.41) is 0. The van der Waals surface area contributed by atoms with E-state index < -0.39 is 0 Å². The largest absolute Gasteiger partial charge is 0.327 e. The molecule has 0 aromatic rings. The van der Waals surface area contributed by atoms with Crippen LogP contribution < -0.4 is 5.73 Å². The van der Waals surface area contributed by atoms with E-state index in [9.17, 15) is 4.79 Å². The van der Waals surface area contributed by atoms with Crippen molar-refractivity contribution >= 4 is 5.78 Å². The number of carbonyl (C=O) groups excluding carboxylic acids is 1. The van der Waals surface area contributed by atoms with E-state index in [0.29, 0.717) is 17.6 Å². The van der Waals surface area contributed by atoms with Gasteiger partial charge in [-0.1, -0.05) is 6.08 Å². The van der Waals surface area contributed by atoms with Crippen molar-refractivity contribution in [3.63, 3.8) is 0 Å². The molecular weight excluding hydrogens is 198 g/mol. The van der Waals surface area contributed by atoms with Gasteiger partial charge < -0.3 is 5.73 Å². The summed E-state index contributed by atoms with van der Waals surface area (Å²) in [7, 11) is 0. The summed E-state index contributed by atoms with van der Waals surface area (Å²) in [5.74, 6) is 1.82. The van der Waals surface area contributed by atoms with Crippen LogP contribution in [0.5, 0.6) is 0 Å². The first kappa shape index (κ1) is 10.5. The Kier molecular flexibility index (Phi) is 2.62. The zero-order chi connectivity index (χ0) is 11.1. The molecule has 16 heavy (non-hydrogen) atoms. The summed E-state index contributed by atoms with van der Waals surface area (Å²) in [6, 6.07) is 0.161. The van der Waals surface area contributed by atoms with Gasteiger partial charge >= 0.3 is 0 Å².